The highest BCUT2D eigenvalue weighted by molar-refractivity contribution is 8.31. The van der Waals surface area contributed by atoms with Crippen LogP contribution in [-0.2, 0) is 22.5 Å². The summed E-state index contributed by atoms with van der Waals surface area (Å²) in [5.74, 6) is 0.283. The molecule has 0 heterocycles. The minimum Gasteiger partial charge on any atom is -0.438 e. The molecule has 0 aliphatic carbocycles. The quantitative estimate of drug-likeness (QED) is 0.441. The molecular formula is C10H19Cl3N2O7S3. The molecule has 0 N–H and O–H groups in total. The molecule has 9 nitrogen and oxygen atoms in total. The van der Waals surface area contributed by atoms with Gasteiger partial charge in [0.05, 0.1) is 0 Å². The third-order valence-electron chi connectivity index (χ3n) is 1.40. The summed E-state index contributed by atoms with van der Waals surface area (Å²) in [6, 6.07) is 0. The molecule has 0 rings (SSSR count). The van der Waals surface area contributed by atoms with Crippen LogP contribution in [0.1, 0.15) is 6.92 Å². The number of hydrogen-bond donors (Lipinski definition) is 0. The average molecular weight is 482 g/mol. The Morgan fingerprint density at radius 3 is 1.48 bits per heavy atom. The molecule has 150 valence electrons. The highest BCUT2D eigenvalue weighted by Crippen LogP contribution is 2.05. The van der Waals surface area contributed by atoms with Crippen molar-refractivity contribution in [3.05, 3.63) is 0 Å². The Hall–Kier alpha value is -0.270. The van der Waals surface area contributed by atoms with Crippen LogP contribution in [0.4, 0.5) is 9.59 Å². The van der Waals surface area contributed by atoms with Crippen molar-refractivity contribution in [1.82, 2.24) is 9.80 Å². The second-order valence-electron chi connectivity index (χ2n) is 3.97. The van der Waals surface area contributed by atoms with Gasteiger partial charge in [0, 0.05) is 56.5 Å². The van der Waals surface area contributed by atoms with Crippen LogP contribution in [-0.4, -0.2) is 75.6 Å². The number of nitrogens with zero attached hydrogens (tertiary/aromatic N) is 2. The van der Waals surface area contributed by atoms with Crippen LogP contribution in [0.25, 0.3) is 0 Å². The second-order valence-corrected chi connectivity index (χ2v) is 9.84. The molecule has 0 spiro atoms. The van der Waals surface area contributed by atoms with E-state index in [-0.39, 0.29) is 23.1 Å². The Balaban J connectivity index is -0.000000311. The summed E-state index contributed by atoms with van der Waals surface area (Å²) in [5.41, 5.74) is 0. The summed E-state index contributed by atoms with van der Waals surface area (Å²) in [6.07, 6.45) is -0.804. The highest BCUT2D eigenvalue weighted by Gasteiger charge is 2.04. The van der Waals surface area contributed by atoms with E-state index in [0.717, 1.165) is 22.7 Å². The van der Waals surface area contributed by atoms with Crippen LogP contribution in [0.3, 0.4) is 0 Å². The lowest BCUT2D eigenvalue weighted by atomic mass is 10.9. The zero-order valence-electron chi connectivity index (χ0n) is 14.0. The van der Waals surface area contributed by atoms with E-state index in [1.54, 1.807) is 28.2 Å². The van der Waals surface area contributed by atoms with Crippen LogP contribution in [0.5, 0.6) is 0 Å². The van der Waals surface area contributed by atoms with Crippen LogP contribution in [0, 0.1) is 0 Å². The number of thioether (sulfide) groups is 1. The van der Waals surface area contributed by atoms with E-state index in [4.69, 9.17) is 19.1 Å². The maximum atomic E-state index is 10.7. The largest absolute Gasteiger partial charge is 0.438 e. The van der Waals surface area contributed by atoms with E-state index >= 15 is 0 Å². The van der Waals surface area contributed by atoms with Gasteiger partial charge in [-0.2, -0.15) is 8.42 Å². The molecule has 0 bridgehead atoms. The Kier molecular flexibility index (Phi) is 20.2. The molecule has 0 aliphatic rings. The first-order valence-corrected chi connectivity index (χ1v) is 11.8. The van der Waals surface area contributed by atoms with Gasteiger partial charge in [-0.3, -0.25) is 4.79 Å². The molecule has 2 amide bonds. The molecule has 0 aromatic heterocycles. The maximum absolute atomic E-state index is 10.7. The summed E-state index contributed by atoms with van der Waals surface area (Å²) < 4.78 is 27.5. The van der Waals surface area contributed by atoms with E-state index in [1.165, 1.54) is 16.7 Å². The smallest absolute Gasteiger partial charge is 0.410 e. The van der Waals surface area contributed by atoms with Crippen molar-refractivity contribution < 1.29 is 32.3 Å². The molecular weight excluding hydrogens is 463 g/mol. The lowest BCUT2D eigenvalue weighted by Gasteiger charge is -2.09. The normalized spacial score (nSPS) is 9.44. The first-order chi connectivity index (χ1) is 11.2. The van der Waals surface area contributed by atoms with E-state index < -0.39 is 14.4 Å². The average Bonchev–Trinajstić information content (AvgIpc) is 2.42. The minimum absolute atomic E-state index is 0.0587. The van der Waals surface area contributed by atoms with Gasteiger partial charge in [0.1, 0.15) is 5.94 Å². The number of carbonyl (C=O) groups excluding carboxylic acids is 3. The first kappa shape index (κ1) is 29.5. The fraction of sp³-hybridized carbons (Fsp3) is 0.700. The molecule has 0 unspecified atom stereocenters. The lowest BCUT2D eigenvalue weighted by molar-refractivity contribution is -0.109. The minimum atomic E-state index is -3.72. The Labute approximate surface area is 169 Å². The summed E-state index contributed by atoms with van der Waals surface area (Å²) in [7, 11) is 17.3. The van der Waals surface area contributed by atoms with Gasteiger partial charge in [-0.05, 0) is 33.4 Å². The Morgan fingerprint density at radius 1 is 0.920 bits per heavy atom. The van der Waals surface area contributed by atoms with Crippen molar-refractivity contribution >= 4 is 80.4 Å². The van der Waals surface area contributed by atoms with Gasteiger partial charge in [-0.15, -0.1) is 0 Å². The SMILES string of the molecule is CC(=O)SCOC(=O)N(C)C.CN(C)C(=O)OCSCl.O=S(=O)(Cl)Cl. The van der Waals surface area contributed by atoms with E-state index in [2.05, 4.69) is 30.8 Å². The summed E-state index contributed by atoms with van der Waals surface area (Å²) in [4.78, 5) is 34.2. The van der Waals surface area contributed by atoms with Gasteiger partial charge in [0.2, 0.25) is 0 Å². The lowest BCUT2D eigenvalue weighted by Crippen LogP contribution is -2.22. The van der Waals surface area contributed by atoms with Crippen molar-refractivity contribution in [3.8, 4) is 0 Å². The highest BCUT2D eigenvalue weighted by atomic mass is 36.0. The number of ether oxygens (including phenoxy) is 2. The number of carbonyl (C=O) groups is 3. The van der Waals surface area contributed by atoms with Gasteiger partial charge in [0.25, 0.3) is 0 Å². The van der Waals surface area contributed by atoms with Crippen molar-refractivity contribution in [3.63, 3.8) is 0 Å². The van der Waals surface area contributed by atoms with Crippen molar-refractivity contribution in [2.45, 2.75) is 6.92 Å². The predicted molar refractivity (Wildman–Crippen MR) is 102 cm³/mol. The van der Waals surface area contributed by atoms with Crippen LogP contribution in [0.2, 0.25) is 0 Å². The van der Waals surface area contributed by atoms with E-state index in [0.29, 0.717) is 0 Å². The predicted octanol–water partition coefficient (Wildman–Crippen LogP) is 3.16. The van der Waals surface area contributed by atoms with Crippen molar-refractivity contribution in [2.24, 2.45) is 0 Å². The Bertz CT molecular complexity index is 496. The molecule has 0 radical (unpaired) electrons. The molecule has 0 fully saturated rings. The van der Waals surface area contributed by atoms with Gasteiger partial charge in [0.15, 0.2) is 11.1 Å². The van der Waals surface area contributed by atoms with E-state index in [9.17, 15) is 14.4 Å². The molecule has 0 aromatic carbocycles. The topological polar surface area (TPSA) is 110 Å². The first-order valence-electron chi connectivity index (χ1n) is 5.91. The summed E-state index contributed by atoms with van der Waals surface area (Å²) in [5, 5.41) is -0.0587. The van der Waals surface area contributed by atoms with Crippen molar-refractivity contribution in [1.29, 1.82) is 0 Å². The van der Waals surface area contributed by atoms with Crippen LogP contribution < -0.4 is 0 Å². The fourth-order valence-corrected chi connectivity index (χ4v) is 1.10. The molecule has 0 saturated heterocycles. The van der Waals surface area contributed by atoms with Crippen LogP contribution in [0.15, 0.2) is 0 Å². The molecule has 15 heteroatoms. The van der Waals surface area contributed by atoms with Crippen molar-refractivity contribution in [2.75, 3.05) is 40.1 Å². The molecule has 0 aliphatic heterocycles. The fourth-order valence-electron chi connectivity index (χ4n) is 0.494. The third kappa shape index (κ3) is 35.6. The zero-order chi connectivity index (χ0) is 20.6. The number of hydrogen-bond acceptors (Lipinski definition) is 9. The number of halogens is 3. The van der Waals surface area contributed by atoms with E-state index in [1.807, 2.05) is 0 Å². The molecule has 0 saturated carbocycles. The zero-order valence-corrected chi connectivity index (χ0v) is 18.7. The molecule has 25 heavy (non-hydrogen) atoms. The number of amides is 2. The van der Waals surface area contributed by atoms with Gasteiger partial charge in [-0.25, -0.2) is 9.59 Å². The second kappa shape index (κ2) is 17.2. The molecule has 0 atom stereocenters. The standard InChI is InChI=1S/C6H11NO3S.C4H8ClNO2S.Cl2O2S/c1-5(8)11-4-10-6(9)7(2)3;1-6(2)4(7)8-3-9-5;1-5(2,3)4/h4H2,1-3H3;3H2,1-2H3;. The molecule has 0 aromatic rings. The number of rotatable bonds is 4. The summed E-state index contributed by atoms with van der Waals surface area (Å²) >= 11 is 0.968. The maximum Gasteiger partial charge on any atom is 0.410 e. The van der Waals surface area contributed by atoms with Gasteiger partial charge < -0.3 is 19.3 Å². The summed E-state index contributed by atoms with van der Waals surface area (Å²) in [6.45, 7) is 1.42. The van der Waals surface area contributed by atoms with Crippen LogP contribution >= 0.6 is 54.8 Å². The third-order valence-corrected chi connectivity index (χ3v) is 2.52. The van der Waals surface area contributed by atoms with Gasteiger partial charge >= 0.3 is 20.5 Å². The monoisotopic (exact) mass is 480 g/mol. The van der Waals surface area contributed by atoms with Gasteiger partial charge in [-0.1, -0.05) is 0 Å². The Morgan fingerprint density at radius 2 is 1.24 bits per heavy atom.